The van der Waals surface area contributed by atoms with Gasteiger partial charge >= 0.3 is 11.9 Å². The molecule has 8 nitrogen and oxygen atoms in total. The quantitative estimate of drug-likeness (QED) is 0.162. The molecule has 0 saturated carbocycles. The lowest BCUT2D eigenvalue weighted by Crippen LogP contribution is -2.07. The number of unbranched alkanes of at least 4 members (excludes halogenated alkanes) is 1. The zero-order chi connectivity index (χ0) is 29.2. The minimum atomic E-state index is -0.953. The Morgan fingerprint density at radius 2 is 1.78 bits per heavy atom. The fourth-order valence-corrected chi connectivity index (χ4v) is 4.60. The number of ether oxygens (including phenoxy) is 2. The Kier molecular flexibility index (Phi) is 10.1. The molecule has 4 rings (SSSR count). The minimum Gasteiger partial charge on any atom is -0.493 e. The van der Waals surface area contributed by atoms with Crippen molar-refractivity contribution in [2.45, 2.75) is 45.6 Å². The Bertz CT molecular complexity index is 1530. The highest BCUT2D eigenvalue weighted by molar-refractivity contribution is 5.94. The molecule has 214 valence electrons. The number of halogens is 1. The standard InChI is InChI=1S/C32H33FN2O6/c1-22-18-25(33)11-15-29(22)41-17-3-2-16-40-27-14-13-26(34-19-27)12-10-23-6-4-8-28-24(7-5-9-30(36)37)20-35(32(23)28)21-31(38)39/h4,6,8,10-15,18-20H,2-3,5,7,9,16-17,21H2,1H3,(H,36,37)(H,38,39)/b12-10+. The first-order chi connectivity index (χ1) is 19.8. The third-order valence-corrected chi connectivity index (χ3v) is 6.55. The highest BCUT2D eigenvalue weighted by Crippen LogP contribution is 2.28. The molecule has 2 aromatic carbocycles. The fraction of sp³-hybridized carbons (Fsp3) is 0.281. The van der Waals surface area contributed by atoms with Crippen molar-refractivity contribution in [3.63, 3.8) is 0 Å². The van der Waals surface area contributed by atoms with Crippen molar-refractivity contribution in [1.29, 1.82) is 0 Å². The molecule has 2 N–H and O–H groups in total. The molecule has 0 aliphatic heterocycles. The first kappa shape index (κ1) is 29.3. The summed E-state index contributed by atoms with van der Waals surface area (Å²) < 4.78 is 26.4. The number of carbonyl (C=O) groups is 2. The van der Waals surface area contributed by atoms with Crippen molar-refractivity contribution in [3.8, 4) is 11.5 Å². The molecule has 2 aromatic heterocycles. The van der Waals surface area contributed by atoms with Gasteiger partial charge in [-0.3, -0.25) is 14.6 Å². The molecule has 0 unspecified atom stereocenters. The number of aliphatic carboxylic acids is 2. The number of hydrogen-bond acceptors (Lipinski definition) is 5. The van der Waals surface area contributed by atoms with Crippen LogP contribution in [-0.4, -0.2) is 44.9 Å². The molecule has 0 saturated heterocycles. The molecule has 0 aliphatic carbocycles. The van der Waals surface area contributed by atoms with E-state index in [1.807, 2.05) is 49.4 Å². The molecule has 41 heavy (non-hydrogen) atoms. The molecule has 2 heterocycles. The normalized spacial score (nSPS) is 11.3. The molecule has 4 aromatic rings. The van der Waals surface area contributed by atoms with Gasteiger partial charge in [-0.2, -0.15) is 0 Å². The number of carboxylic acid groups (broad SMARTS) is 2. The predicted molar refractivity (Wildman–Crippen MR) is 155 cm³/mol. The lowest BCUT2D eigenvalue weighted by molar-refractivity contribution is -0.138. The number of pyridine rings is 1. The van der Waals surface area contributed by atoms with Crippen molar-refractivity contribution >= 4 is 35.0 Å². The number of carboxylic acids is 2. The summed E-state index contributed by atoms with van der Waals surface area (Å²) >= 11 is 0. The van der Waals surface area contributed by atoms with Crippen LogP contribution in [0.1, 0.15) is 48.1 Å². The molecule has 0 fully saturated rings. The summed E-state index contributed by atoms with van der Waals surface area (Å²) in [5.74, 6) is -0.744. The summed E-state index contributed by atoms with van der Waals surface area (Å²) in [6.45, 7) is 2.65. The highest BCUT2D eigenvalue weighted by atomic mass is 19.1. The van der Waals surface area contributed by atoms with E-state index >= 15 is 0 Å². The molecule has 0 bridgehead atoms. The molecule has 0 aliphatic rings. The highest BCUT2D eigenvalue weighted by Gasteiger charge is 2.13. The number of fused-ring (bicyclic) bond motifs is 1. The smallest absolute Gasteiger partial charge is 0.323 e. The van der Waals surface area contributed by atoms with Gasteiger partial charge in [-0.25, -0.2) is 4.39 Å². The van der Waals surface area contributed by atoms with Crippen LogP contribution in [0.5, 0.6) is 11.5 Å². The van der Waals surface area contributed by atoms with Gasteiger partial charge in [0.15, 0.2) is 0 Å². The van der Waals surface area contributed by atoms with E-state index in [4.69, 9.17) is 14.6 Å². The first-order valence-corrected chi connectivity index (χ1v) is 13.5. The van der Waals surface area contributed by atoms with Gasteiger partial charge in [0.25, 0.3) is 0 Å². The van der Waals surface area contributed by atoms with Gasteiger partial charge < -0.3 is 24.3 Å². The predicted octanol–water partition coefficient (Wildman–Crippen LogP) is 6.38. The number of aryl methyl sites for hydroxylation is 2. The Hall–Kier alpha value is -4.66. The molecule has 0 atom stereocenters. The summed E-state index contributed by atoms with van der Waals surface area (Å²) in [4.78, 5) is 26.9. The van der Waals surface area contributed by atoms with Gasteiger partial charge in [0.2, 0.25) is 0 Å². The summed E-state index contributed by atoms with van der Waals surface area (Å²) in [5, 5.41) is 19.3. The number of rotatable bonds is 15. The molecular weight excluding hydrogens is 527 g/mol. The second-order valence-corrected chi connectivity index (χ2v) is 9.73. The summed E-state index contributed by atoms with van der Waals surface area (Å²) in [5.41, 5.74) is 4.04. The van der Waals surface area contributed by atoms with Crippen LogP contribution in [0.4, 0.5) is 4.39 Å². The number of aromatic nitrogens is 2. The van der Waals surface area contributed by atoms with E-state index in [0.717, 1.165) is 46.1 Å². The van der Waals surface area contributed by atoms with Gasteiger partial charge in [0.1, 0.15) is 23.9 Å². The topological polar surface area (TPSA) is 111 Å². The van der Waals surface area contributed by atoms with Crippen molar-refractivity contribution in [3.05, 3.63) is 89.1 Å². The Labute approximate surface area is 237 Å². The summed E-state index contributed by atoms with van der Waals surface area (Å²) in [6, 6.07) is 13.9. The van der Waals surface area contributed by atoms with Gasteiger partial charge in [0.05, 0.1) is 30.6 Å². The minimum absolute atomic E-state index is 0.0578. The van der Waals surface area contributed by atoms with Crippen LogP contribution in [-0.2, 0) is 22.6 Å². The maximum absolute atomic E-state index is 13.2. The van der Waals surface area contributed by atoms with Crippen molar-refractivity contribution < 1.29 is 33.7 Å². The third-order valence-electron chi connectivity index (χ3n) is 6.55. The lowest BCUT2D eigenvalue weighted by atomic mass is 10.0. The van der Waals surface area contributed by atoms with Crippen LogP contribution in [0.25, 0.3) is 23.1 Å². The van der Waals surface area contributed by atoms with Crippen LogP contribution >= 0.6 is 0 Å². The Balaban J connectivity index is 1.33. The van der Waals surface area contributed by atoms with Crippen LogP contribution in [0.2, 0.25) is 0 Å². The van der Waals surface area contributed by atoms with Gasteiger partial charge in [0, 0.05) is 18.0 Å². The molecule has 0 amide bonds. The Morgan fingerprint density at radius 3 is 2.49 bits per heavy atom. The van der Waals surface area contributed by atoms with E-state index in [1.54, 1.807) is 23.0 Å². The van der Waals surface area contributed by atoms with Crippen LogP contribution in [0, 0.1) is 12.7 Å². The second kappa shape index (κ2) is 14.1. The molecule has 0 spiro atoms. The van der Waals surface area contributed by atoms with Crippen LogP contribution in [0.15, 0.2) is 60.9 Å². The Morgan fingerprint density at radius 1 is 0.976 bits per heavy atom. The van der Waals surface area contributed by atoms with E-state index in [-0.39, 0.29) is 18.8 Å². The molecule has 9 heteroatoms. The lowest BCUT2D eigenvalue weighted by Gasteiger charge is -2.09. The van der Waals surface area contributed by atoms with Crippen LogP contribution in [0.3, 0.4) is 0 Å². The second-order valence-electron chi connectivity index (χ2n) is 9.73. The summed E-state index contributed by atoms with van der Waals surface area (Å²) in [6.07, 6.45) is 9.88. The van der Waals surface area contributed by atoms with Crippen LogP contribution < -0.4 is 9.47 Å². The van der Waals surface area contributed by atoms with Crippen molar-refractivity contribution in [1.82, 2.24) is 9.55 Å². The maximum Gasteiger partial charge on any atom is 0.323 e. The first-order valence-electron chi connectivity index (χ1n) is 13.5. The summed E-state index contributed by atoms with van der Waals surface area (Å²) in [7, 11) is 0. The van der Waals surface area contributed by atoms with Crippen molar-refractivity contribution in [2.24, 2.45) is 0 Å². The van der Waals surface area contributed by atoms with E-state index < -0.39 is 11.9 Å². The van der Waals surface area contributed by atoms with E-state index in [2.05, 4.69) is 4.98 Å². The SMILES string of the molecule is Cc1cc(F)ccc1OCCCCOc1ccc(/C=C/c2cccc3c(CCCC(=O)O)cn(CC(=O)O)c23)nc1. The van der Waals surface area contributed by atoms with Gasteiger partial charge in [-0.1, -0.05) is 24.3 Å². The third kappa shape index (κ3) is 8.41. The average Bonchev–Trinajstić information content (AvgIpc) is 3.28. The monoisotopic (exact) mass is 560 g/mol. The van der Waals surface area contributed by atoms with Gasteiger partial charge in [-0.05, 0) is 85.7 Å². The van der Waals surface area contributed by atoms with Gasteiger partial charge in [-0.15, -0.1) is 0 Å². The number of benzene rings is 2. The molecular formula is C32H33FN2O6. The largest absolute Gasteiger partial charge is 0.493 e. The maximum atomic E-state index is 13.2. The number of hydrogen-bond donors (Lipinski definition) is 2. The number of para-hydroxylation sites is 1. The number of nitrogens with zero attached hydrogens (tertiary/aromatic N) is 2. The average molecular weight is 561 g/mol. The molecule has 0 radical (unpaired) electrons. The van der Waals surface area contributed by atoms with E-state index in [9.17, 15) is 19.1 Å². The zero-order valence-electron chi connectivity index (χ0n) is 22.9. The zero-order valence-corrected chi connectivity index (χ0v) is 22.9. The fourth-order valence-electron chi connectivity index (χ4n) is 4.60. The van der Waals surface area contributed by atoms with E-state index in [1.165, 1.54) is 12.1 Å². The van der Waals surface area contributed by atoms with E-state index in [0.29, 0.717) is 37.6 Å². The van der Waals surface area contributed by atoms with Crippen molar-refractivity contribution in [2.75, 3.05) is 13.2 Å².